The van der Waals surface area contributed by atoms with Crippen LogP contribution < -0.4 is 0 Å². The molecule has 1 fully saturated rings. The van der Waals surface area contributed by atoms with Gasteiger partial charge < -0.3 is 14.9 Å². The van der Waals surface area contributed by atoms with Gasteiger partial charge >= 0.3 is 0 Å². The fourth-order valence-electron chi connectivity index (χ4n) is 2.65. The molecule has 1 aliphatic heterocycles. The molecule has 1 atom stereocenters. The smallest absolute Gasteiger partial charge is 0.196 e. The Morgan fingerprint density at radius 3 is 2.52 bits per heavy atom. The summed E-state index contributed by atoms with van der Waals surface area (Å²) in [6, 6.07) is 11.6. The van der Waals surface area contributed by atoms with Crippen LogP contribution in [-0.2, 0) is 4.74 Å². The summed E-state index contributed by atoms with van der Waals surface area (Å²) in [6.45, 7) is 0.598. The Morgan fingerprint density at radius 2 is 1.86 bits per heavy atom. The zero-order valence-electron chi connectivity index (χ0n) is 11.5. The molecule has 3 rings (SSSR count). The van der Waals surface area contributed by atoms with Crippen LogP contribution in [0.3, 0.4) is 0 Å². The van der Waals surface area contributed by atoms with E-state index in [0.717, 1.165) is 12.8 Å². The molecule has 0 aromatic heterocycles. The van der Waals surface area contributed by atoms with Crippen LogP contribution in [0.15, 0.2) is 42.5 Å². The monoisotopic (exact) mass is 284 g/mol. The van der Waals surface area contributed by atoms with E-state index >= 15 is 0 Å². The Morgan fingerprint density at radius 1 is 1.10 bits per heavy atom. The second-order valence-electron chi connectivity index (χ2n) is 5.09. The number of phenols is 2. The highest BCUT2D eigenvalue weighted by molar-refractivity contribution is 6.11. The first kappa shape index (κ1) is 13.6. The van der Waals surface area contributed by atoms with Crippen LogP contribution in [0.5, 0.6) is 11.5 Å². The number of hydrogen-bond acceptors (Lipinski definition) is 4. The van der Waals surface area contributed by atoms with Crippen molar-refractivity contribution in [2.24, 2.45) is 0 Å². The first-order chi connectivity index (χ1) is 10.2. The van der Waals surface area contributed by atoms with Crippen molar-refractivity contribution in [2.75, 3.05) is 6.61 Å². The Hall–Kier alpha value is -2.33. The molecule has 108 valence electrons. The molecule has 21 heavy (non-hydrogen) atoms. The molecule has 0 aliphatic carbocycles. The van der Waals surface area contributed by atoms with Gasteiger partial charge in [0.05, 0.1) is 17.2 Å². The molecule has 0 amide bonds. The van der Waals surface area contributed by atoms with Crippen LogP contribution in [0.4, 0.5) is 0 Å². The largest absolute Gasteiger partial charge is 0.507 e. The van der Waals surface area contributed by atoms with E-state index in [9.17, 15) is 15.0 Å². The van der Waals surface area contributed by atoms with Crippen molar-refractivity contribution < 1.29 is 19.7 Å². The summed E-state index contributed by atoms with van der Waals surface area (Å²) >= 11 is 0. The third-order valence-electron chi connectivity index (χ3n) is 3.73. The molecule has 2 aromatic rings. The molecule has 1 heterocycles. The fourth-order valence-corrected chi connectivity index (χ4v) is 2.65. The molecule has 1 unspecified atom stereocenters. The van der Waals surface area contributed by atoms with Crippen LogP contribution in [-0.4, -0.2) is 22.6 Å². The van der Waals surface area contributed by atoms with Gasteiger partial charge in [-0.15, -0.1) is 0 Å². The second kappa shape index (κ2) is 5.58. The number of ether oxygens (including phenoxy) is 1. The Bertz CT molecular complexity index is 658. The van der Waals surface area contributed by atoms with E-state index in [-0.39, 0.29) is 28.9 Å². The number of carbonyl (C=O) groups is 1. The van der Waals surface area contributed by atoms with Crippen molar-refractivity contribution in [3.8, 4) is 11.5 Å². The fraction of sp³-hybridized carbons (Fsp3) is 0.235. The highest BCUT2D eigenvalue weighted by atomic mass is 16.5. The molecule has 0 radical (unpaired) electrons. The van der Waals surface area contributed by atoms with Gasteiger partial charge in [-0.1, -0.05) is 30.3 Å². The van der Waals surface area contributed by atoms with Crippen LogP contribution in [0.2, 0.25) is 0 Å². The van der Waals surface area contributed by atoms with Gasteiger partial charge in [-0.3, -0.25) is 4.79 Å². The molecule has 0 saturated carbocycles. The molecule has 1 saturated heterocycles. The first-order valence-corrected chi connectivity index (χ1v) is 6.94. The maximum Gasteiger partial charge on any atom is 0.196 e. The SMILES string of the molecule is O=C(c1ccccc1)c1ccc(O)c(C2CCCO2)c1O. The first-order valence-electron chi connectivity index (χ1n) is 6.94. The van der Waals surface area contributed by atoms with E-state index in [1.165, 1.54) is 12.1 Å². The van der Waals surface area contributed by atoms with Crippen molar-refractivity contribution in [1.29, 1.82) is 0 Å². The molecule has 4 nitrogen and oxygen atoms in total. The number of phenolic OH excluding ortho intramolecular Hbond substituents is 2. The van der Waals surface area contributed by atoms with E-state index in [2.05, 4.69) is 0 Å². The van der Waals surface area contributed by atoms with Crippen molar-refractivity contribution in [3.05, 3.63) is 59.2 Å². The van der Waals surface area contributed by atoms with E-state index in [1.54, 1.807) is 24.3 Å². The van der Waals surface area contributed by atoms with Gasteiger partial charge in [0.2, 0.25) is 0 Å². The quantitative estimate of drug-likeness (QED) is 0.849. The number of ketones is 1. The maximum absolute atomic E-state index is 12.5. The van der Waals surface area contributed by atoms with E-state index < -0.39 is 0 Å². The Kier molecular flexibility index (Phi) is 3.62. The number of benzene rings is 2. The Labute approximate surface area is 122 Å². The highest BCUT2D eigenvalue weighted by Crippen LogP contribution is 2.42. The van der Waals surface area contributed by atoms with E-state index in [4.69, 9.17) is 4.74 Å². The minimum Gasteiger partial charge on any atom is -0.507 e. The molecule has 1 aliphatic rings. The van der Waals surface area contributed by atoms with Crippen LogP contribution in [0.25, 0.3) is 0 Å². The van der Waals surface area contributed by atoms with E-state index in [1.807, 2.05) is 6.07 Å². The lowest BCUT2D eigenvalue weighted by Crippen LogP contribution is -2.05. The van der Waals surface area contributed by atoms with Crippen molar-refractivity contribution in [3.63, 3.8) is 0 Å². The van der Waals surface area contributed by atoms with Crippen molar-refractivity contribution >= 4 is 5.78 Å². The van der Waals surface area contributed by atoms with Gasteiger partial charge in [-0.2, -0.15) is 0 Å². The van der Waals surface area contributed by atoms with Gasteiger partial charge in [0.15, 0.2) is 5.78 Å². The lowest BCUT2D eigenvalue weighted by Gasteiger charge is -2.16. The molecule has 0 spiro atoms. The van der Waals surface area contributed by atoms with E-state index in [0.29, 0.717) is 17.7 Å². The van der Waals surface area contributed by atoms with Crippen molar-refractivity contribution in [2.45, 2.75) is 18.9 Å². The predicted octanol–water partition coefficient (Wildman–Crippen LogP) is 3.18. The summed E-state index contributed by atoms with van der Waals surface area (Å²) in [5.41, 5.74) is 0.996. The summed E-state index contributed by atoms with van der Waals surface area (Å²) < 4.78 is 5.51. The minimum absolute atomic E-state index is 0.0380. The molecule has 2 aromatic carbocycles. The number of carbonyl (C=O) groups excluding carboxylic acids is 1. The zero-order chi connectivity index (χ0) is 14.8. The van der Waals surface area contributed by atoms with Crippen LogP contribution in [0.1, 0.15) is 40.4 Å². The van der Waals surface area contributed by atoms with Crippen LogP contribution in [0, 0.1) is 0 Å². The third kappa shape index (κ3) is 2.50. The highest BCUT2D eigenvalue weighted by Gasteiger charge is 2.27. The summed E-state index contributed by atoms with van der Waals surface area (Å²) in [6.07, 6.45) is 1.25. The summed E-state index contributed by atoms with van der Waals surface area (Å²) in [4.78, 5) is 12.5. The predicted molar refractivity (Wildman–Crippen MR) is 77.6 cm³/mol. The maximum atomic E-state index is 12.5. The second-order valence-corrected chi connectivity index (χ2v) is 5.09. The van der Waals surface area contributed by atoms with Crippen LogP contribution >= 0.6 is 0 Å². The lowest BCUT2D eigenvalue weighted by molar-refractivity contribution is 0.102. The molecule has 2 N–H and O–H groups in total. The van der Waals surface area contributed by atoms with Gasteiger partial charge in [0.25, 0.3) is 0 Å². The summed E-state index contributed by atoms with van der Waals surface area (Å²) in [5, 5.41) is 20.4. The zero-order valence-corrected chi connectivity index (χ0v) is 11.5. The standard InChI is InChI=1S/C17H16O4/c18-13-9-8-12(16(19)11-5-2-1-3-6-11)17(20)15(13)14-7-4-10-21-14/h1-3,5-6,8-9,14,18,20H,4,7,10H2. The molecular formula is C17H16O4. The average molecular weight is 284 g/mol. The number of rotatable bonds is 3. The van der Waals surface area contributed by atoms with Gasteiger partial charge in [0, 0.05) is 12.2 Å². The molecule has 4 heteroatoms. The molecular weight excluding hydrogens is 268 g/mol. The summed E-state index contributed by atoms with van der Waals surface area (Å²) in [7, 11) is 0. The third-order valence-corrected chi connectivity index (χ3v) is 3.73. The minimum atomic E-state index is -0.353. The van der Waals surface area contributed by atoms with Crippen molar-refractivity contribution in [1.82, 2.24) is 0 Å². The Balaban J connectivity index is 2.04. The molecule has 0 bridgehead atoms. The number of hydrogen-bond donors (Lipinski definition) is 2. The summed E-state index contributed by atoms with van der Waals surface area (Å²) in [5.74, 6) is -0.493. The average Bonchev–Trinajstić information content (AvgIpc) is 3.02. The van der Waals surface area contributed by atoms with Gasteiger partial charge in [0.1, 0.15) is 11.5 Å². The van der Waals surface area contributed by atoms with Gasteiger partial charge in [-0.05, 0) is 25.0 Å². The topological polar surface area (TPSA) is 66.8 Å². The normalized spacial score (nSPS) is 17.8. The number of aromatic hydroxyl groups is 2. The lowest BCUT2D eigenvalue weighted by atomic mass is 9.96. The van der Waals surface area contributed by atoms with Gasteiger partial charge in [-0.25, -0.2) is 0 Å².